The molecule has 0 saturated carbocycles. The maximum Gasteiger partial charge on any atom is 0.194 e. The second kappa shape index (κ2) is 12.3. The summed E-state index contributed by atoms with van der Waals surface area (Å²) in [7, 11) is 5.37. The molecule has 0 aromatic heterocycles. The molecule has 0 aliphatic carbocycles. The molecule has 156 valence electrons. The number of benzene rings is 1. The van der Waals surface area contributed by atoms with E-state index < -0.39 is 0 Å². The lowest BCUT2D eigenvalue weighted by atomic mass is 10.1. The molecule has 27 heavy (non-hydrogen) atoms. The third-order valence-electron chi connectivity index (χ3n) is 3.97. The maximum atomic E-state index is 5.44. The molecule has 0 saturated heterocycles. The highest BCUT2D eigenvalue weighted by Gasteiger charge is 2.13. The second-order valence-electron chi connectivity index (χ2n) is 7.40. The number of guanidine groups is 1. The van der Waals surface area contributed by atoms with Gasteiger partial charge in [-0.3, -0.25) is 4.99 Å². The van der Waals surface area contributed by atoms with Crippen molar-refractivity contribution in [2.75, 3.05) is 40.9 Å². The lowest BCUT2D eigenvalue weighted by Crippen LogP contribution is -2.40. The summed E-state index contributed by atoms with van der Waals surface area (Å²) in [6.45, 7) is 13.8. The molecule has 1 aromatic rings. The number of halogens is 1. The van der Waals surface area contributed by atoms with Crippen molar-refractivity contribution >= 4 is 29.9 Å². The van der Waals surface area contributed by atoms with Gasteiger partial charge in [-0.05, 0) is 57.9 Å². The summed E-state index contributed by atoms with van der Waals surface area (Å²) in [5, 5.41) is 6.82. The largest absolute Gasteiger partial charge is 0.493 e. The Labute approximate surface area is 182 Å². The van der Waals surface area contributed by atoms with Crippen LogP contribution in [0.1, 0.15) is 38.8 Å². The number of aliphatic imine (C=N–C) groups is 1. The van der Waals surface area contributed by atoms with E-state index in [0.29, 0.717) is 0 Å². The van der Waals surface area contributed by atoms with E-state index in [0.717, 1.165) is 43.6 Å². The fraction of sp³-hybridized carbons (Fsp3) is 0.650. The quantitative estimate of drug-likeness (QED) is 0.252. The topological polar surface area (TPSA) is 58.1 Å². The van der Waals surface area contributed by atoms with Gasteiger partial charge in [-0.1, -0.05) is 0 Å². The predicted molar refractivity (Wildman–Crippen MR) is 125 cm³/mol. The molecule has 0 amide bonds. The number of hydrogen-bond acceptors (Lipinski definition) is 4. The van der Waals surface area contributed by atoms with Gasteiger partial charge in [-0.25, -0.2) is 0 Å². The van der Waals surface area contributed by atoms with Gasteiger partial charge in [-0.15, -0.1) is 24.0 Å². The number of hydrogen-bond donors (Lipinski definition) is 2. The third-order valence-corrected chi connectivity index (χ3v) is 3.97. The molecule has 0 fully saturated rings. The monoisotopic (exact) mass is 492 g/mol. The summed E-state index contributed by atoms with van der Waals surface area (Å²) in [4.78, 5) is 6.87. The van der Waals surface area contributed by atoms with Gasteiger partial charge in [0.15, 0.2) is 17.5 Å². The van der Waals surface area contributed by atoms with Crippen molar-refractivity contribution < 1.29 is 9.47 Å². The molecule has 6 nitrogen and oxygen atoms in total. The van der Waals surface area contributed by atoms with Crippen LogP contribution in [-0.4, -0.2) is 57.3 Å². The zero-order valence-corrected chi connectivity index (χ0v) is 20.4. The summed E-state index contributed by atoms with van der Waals surface area (Å²) < 4.78 is 10.8. The van der Waals surface area contributed by atoms with Gasteiger partial charge in [0.25, 0.3) is 0 Å². The molecule has 0 atom stereocenters. The first-order chi connectivity index (χ1) is 12.2. The molecule has 0 heterocycles. The van der Waals surface area contributed by atoms with E-state index in [4.69, 9.17) is 14.5 Å². The van der Waals surface area contributed by atoms with Gasteiger partial charge >= 0.3 is 0 Å². The molecule has 0 bridgehead atoms. The van der Waals surface area contributed by atoms with Crippen LogP contribution in [0.15, 0.2) is 17.1 Å². The van der Waals surface area contributed by atoms with Gasteiger partial charge in [0, 0.05) is 32.2 Å². The van der Waals surface area contributed by atoms with Crippen molar-refractivity contribution in [2.24, 2.45) is 4.99 Å². The highest BCUT2D eigenvalue weighted by Crippen LogP contribution is 2.30. The summed E-state index contributed by atoms with van der Waals surface area (Å²) in [5.41, 5.74) is 2.46. The SMILES string of the molecule is CCNC(=NCCNC(C)(C)C)N(C)Cc1cc(OC)c(OC)cc1C.I. The number of ether oxygens (including phenoxy) is 2. The van der Waals surface area contributed by atoms with E-state index in [2.05, 4.69) is 57.2 Å². The van der Waals surface area contributed by atoms with Gasteiger partial charge in [0.2, 0.25) is 0 Å². The van der Waals surface area contributed by atoms with Crippen LogP contribution in [0, 0.1) is 6.92 Å². The number of methoxy groups -OCH3 is 2. The third kappa shape index (κ3) is 9.01. The van der Waals surface area contributed by atoms with E-state index in [-0.39, 0.29) is 29.5 Å². The fourth-order valence-corrected chi connectivity index (χ4v) is 2.59. The van der Waals surface area contributed by atoms with Crippen molar-refractivity contribution in [1.82, 2.24) is 15.5 Å². The van der Waals surface area contributed by atoms with Crippen LogP contribution < -0.4 is 20.1 Å². The van der Waals surface area contributed by atoms with Crippen LogP contribution in [0.2, 0.25) is 0 Å². The van der Waals surface area contributed by atoms with Crippen LogP contribution in [0.3, 0.4) is 0 Å². The molecule has 7 heteroatoms. The Hall–Kier alpha value is -1.22. The first-order valence-electron chi connectivity index (χ1n) is 9.17. The number of nitrogens with zero attached hydrogens (tertiary/aromatic N) is 2. The van der Waals surface area contributed by atoms with Crippen LogP contribution in [-0.2, 0) is 6.54 Å². The average Bonchev–Trinajstić information content (AvgIpc) is 2.57. The smallest absolute Gasteiger partial charge is 0.194 e. The van der Waals surface area contributed by atoms with Gasteiger partial charge in [-0.2, -0.15) is 0 Å². The van der Waals surface area contributed by atoms with Gasteiger partial charge in [0.1, 0.15) is 0 Å². The minimum atomic E-state index is 0. The lowest BCUT2D eigenvalue weighted by Gasteiger charge is -2.24. The Kier molecular flexibility index (Phi) is 11.7. The van der Waals surface area contributed by atoms with Crippen LogP contribution in [0.5, 0.6) is 11.5 Å². The lowest BCUT2D eigenvalue weighted by molar-refractivity contribution is 0.353. The van der Waals surface area contributed by atoms with Gasteiger partial charge in [0.05, 0.1) is 20.8 Å². The highest BCUT2D eigenvalue weighted by molar-refractivity contribution is 14.0. The molecular formula is C20H37IN4O2. The highest BCUT2D eigenvalue weighted by atomic mass is 127. The number of nitrogens with one attached hydrogen (secondary N) is 2. The Balaban J connectivity index is 0.00000676. The molecular weight excluding hydrogens is 455 g/mol. The van der Waals surface area contributed by atoms with Crippen molar-refractivity contribution in [3.63, 3.8) is 0 Å². The standard InChI is InChI=1S/C20H36N4O2.HI/c1-9-21-19(22-10-11-23-20(3,4)5)24(6)14-16-13-18(26-8)17(25-7)12-15(16)2;/h12-13,23H,9-11,14H2,1-8H3,(H,21,22);1H. The van der Waals surface area contributed by atoms with Gasteiger partial charge < -0.3 is 25.0 Å². The average molecular weight is 492 g/mol. The van der Waals surface area contributed by atoms with Crippen LogP contribution >= 0.6 is 24.0 Å². The van der Waals surface area contributed by atoms with Crippen molar-refractivity contribution in [1.29, 1.82) is 0 Å². The molecule has 0 radical (unpaired) electrons. The number of aryl methyl sites for hydroxylation is 1. The Morgan fingerprint density at radius 3 is 2.26 bits per heavy atom. The Morgan fingerprint density at radius 1 is 1.15 bits per heavy atom. The Morgan fingerprint density at radius 2 is 1.74 bits per heavy atom. The molecule has 1 aromatic carbocycles. The van der Waals surface area contributed by atoms with Crippen LogP contribution in [0.25, 0.3) is 0 Å². The molecule has 1 rings (SSSR count). The first kappa shape index (κ1) is 25.8. The van der Waals surface area contributed by atoms with E-state index in [9.17, 15) is 0 Å². The number of rotatable bonds is 8. The molecule has 2 N–H and O–H groups in total. The van der Waals surface area contributed by atoms with E-state index in [1.54, 1.807) is 14.2 Å². The normalized spacial score (nSPS) is 11.6. The van der Waals surface area contributed by atoms with Crippen LogP contribution in [0.4, 0.5) is 0 Å². The molecule has 0 aliphatic rings. The molecule has 0 spiro atoms. The van der Waals surface area contributed by atoms with Crippen molar-refractivity contribution in [3.05, 3.63) is 23.3 Å². The predicted octanol–water partition coefficient (Wildman–Crippen LogP) is 3.42. The van der Waals surface area contributed by atoms with E-state index >= 15 is 0 Å². The summed E-state index contributed by atoms with van der Waals surface area (Å²) >= 11 is 0. The zero-order chi connectivity index (χ0) is 19.7. The Bertz CT molecular complexity index is 600. The first-order valence-corrected chi connectivity index (χ1v) is 9.17. The molecule has 0 aliphatic heterocycles. The zero-order valence-electron chi connectivity index (χ0n) is 18.1. The summed E-state index contributed by atoms with van der Waals surface area (Å²) in [6, 6.07) is 4.05. The minimum Gasteiger partial charge on any atom is -0.493 e. The van der Waals surface area contributed by atoms with Crippen molar-refractivity contribution in [2.45, 2.75) is 46.7 Å². The molecule has 0 unspecified atom stereocenters. The summed E-state index contributed by atoms with van der Waals surface area (Å²) in [6.07, 6.45) is 0. The fourth-order valence-electron chi connectivity index (χ4n) is 2.59. The van der Waals surface area contributed by atoms with E-state index in [1.807, 2.05) is 12.1 Å². The minimum absolute atomic E-state index is 0. The second-order valence-corrected chi connectivity index (χ2v) is 7.40. The van der Waals surface area contributed by atoms with E-state index in [1.165, 1.54) is 11.1 Å². The maximum absolute atomic E-state index is 5.44. The summed E-state index contributed by atoms with van der Waals surface area (Å²) in [5.74, 6) is 2.40. The van der Waals surface area contributed by atoms with Crippen molar-refractivity contribution in [3.8, 4) is 11.5 Å².